The lowest BCUT2D eigenvalue weighted by Crippen LogP contribution is -1.74. The smallest absolute Gasteiger partial charge is 0.0465 e. The molecular weight excluding hydrogens is 218 g/mol. The zero-order chi connectivity index (χ0) is 11.0. The molecule has 0 saturated heterocycles. The monoisotopic (exact) mass is 226 g/mol. The summed E-state index contributed by atoms with van der Waals surface area (Å²) in [5.74, 6) is 0. The van der Waals surface area contributed by atoms with E-state index in [4.69, 9.17) is 11.6 Å². The molecule has 1 N–H and O–H groups in total. The van der Waals surface area contributed by atoms with Crippen molar-refractivity contribution in [1.82, 2.24) is 4.98 Å². The number of aromatic amines is 1. The summed E-state index contributed by atoms with van der Waals surface area (Å²) in [5, 5.41) is 1.89. The molecule has 0 unspecified atom stereocenters. The molecule has 1 nitrogen and oxygen atoms in total. The summed E-state index contributed by atoms with van der Waals surface area (Å²) < 4.78 is 0. The van der Waals surface area contributed by atoms with E-state index in [2.05, 4.69) is 23.2 Å². The molecule has 0 bridgehead atoms. The molecule has 0 aliphatic rings. The van der Waals surface area contributed by atoms with Crippen LogP contribution in [0.3, 0.4) is 0 Å². The average Bonchev–Trinajstić information content (AvgIpc) is 2.73. The summed E-state index contributed by atoms with van der Waals surface area (Å²) in [6.45, 7) is 0. The number of H-pyrrole nitrogens is 1. The largest absolute Gasteiger partial charge is 0.355 e. The first kappa shape index (κ1) is 9.49. The molecule has 0 saturated carbocycles. The highest BCUT2D eigenvalue weighted by Gasteiger charge is 2.02. The molecule has 1 heterocycles. The fraction of sp³-hybridized carbons (Fsp3) is 0. The summed E-state index contributed by atoms with van der Waals surface area (Å²) in [4.78, 5) is 3.36. The number of rotatable bonds is 1. The maximum Gasteiger partial charge on any atom is 0.0465 e. The van der Waals surface area contributed by atoms with Gasteiger partial charge in [-0.1, -0.05) is 29.8 Å². The van der Waals surface area contributed by atoms with Crippen molar-refractivity contribution in [3.8, 4) is 11.3 Å². The summed E-state index contributed by atoms with van der Waals surface area (Å²) in [6, 6.07) is 18.9. The van der Waals surface area contributed by atoms with Gasteiger partial charge in [0.2, 0.25) is 0 Å². The van der Waals surface area contributed by atoms with E-state index in [1.807, 2.05) is 36.4 Å². The van der Waals surface area contributed by atoms with Crippen molar-refractivity contribution in [3.05, 3.63) is 59.6 Å². The van der Waals surface area contributed by atoms with Crippen LogP contribution in [0.25, 0.3) is 22.2 Å². The van der Waals surface area contributed by atoms with Crippen molar-refractivity contribution in [1.29, 1.82) is 0 Å². The van der Waals surface area contributed by atoms with E-state index in [0.717, 1.165) is 27.2 Å². The fourth-order valence-electron chi connectivity index (χ4n) is 1.82. The predicted molar refractivity (Wildman–Crippen MR) is 67.6 cm³/mol. The van der Waals surface area contributed by atoms with E-state index in [1.165, 1.54) is 0 Å². The number of hydrogen-bond acceptors (Lipinski definition) is 0. The van der Waals surface area contributed by atoms with Gasteiger partial charge in [-0.3, -0.25) is 0 Å². The first-order valence-electron chi connectivity index (χ1n) is 5.08. The second-order valence-electron chi connectivity index (χ2n) is 3.71. The number of hydrogen-bond donors (Lipinski definition) is 1. The molecule has 0 aliphatic carbocycles. The number of nitrogens with one attached hydrogen (secondary N) is 1. The standard InChI is InChI=1S/C14H9ClN/c15-12-6-7-13-11(8-12)9-14(16-13)10-4-2-1-3-5-10/h1-2,4-9,16H. The molecule has 0 atom stereocenters. The zero-order valence-corrected chi connectivity index (χ0v) is 9.25. The quantitative estimate of drug-likeness (QED) is 0.637. The summed E-state index contributed by atoms with van der Waals surface area (Å²) in [5.41, 5.74) is 3.33. The Labute approximate surface area is 98.7 Å². The van der Waals surface area contributed by atoms with Crippen molar-refractivity contribution in [2.24, 2.45) is 0 Å². The average molecular weight is 227 g/mol. The third-order valence-electron chi connectivity index (χ3n) is 2.60. The summed E-state index contributed by atoms with van der Waals surface area (Å²) in [6.07, 6.45) is 0. The van der Waals surface area contributed by atoms with E-state index >= 15 is 0 Å². The number of aromatic nitrogens is 1. The molecule has 2 aromatic carbocycles. The second-order valence-corrected chi connectivity index (χ2v) is 4.14. The molecule has 0 fully saturated rings. The van der Waals surface area contributed by atoms with Gasteiger partial charge in [-0.05, 0) is 42.0 Å². The Bertz CT molecular complexity index is 626. The first-order valence-corrected chi connectivity index (χ1v) is 5.45. The van der Waals surface area contributed by atoms with E-state index in [1.54, 1.807) is 0 Å². The van der Waals surface area contributed by atoms with Gasteiger partial charge in [0.1, 0.15) is 0 Å². The first-order chi connectivity index (χ1) is 7.83. The number of halogens is 1. The summed E-state index contributed by atoms with van der Waals surface area (Å²) >= 11 is 5.95. The molecule has 1 radical (unpaired) electrons. The van der Waals surface area contributed by atoms with E-state index in [9.17, 15) is 0 Å². The maximum absolute atomic E-state index is 5.95. The third-order valence-corrected chi connectivity index (χ3v) is 2.84. The van der Waals surface area contributed by atoms with Crippen molar-refractivity contribution in [2.75, 3.05) is 0 Å². The molecule has 3 aromatic rings. The minimum absolute atomic E-state index is 0.762. The van der Waals surface area contributed by atoms with Gasteiger partial charge in [0.05, 0.1) is 0 Å². The van der Waals surface area contributed by atoms with Gasteiger partial charge in [0.25, 0.3) is 0 Å². The third kappa shape index (κ3) is 1.59. The van der Waals surface area contributed by atoms with E-state index in [0.29, 0.717) is 0 Å². The van der Waals surface area contributed by atoms with Gasteiger partial charge in [-0.15, -0.1) is 0 Å². The molecule has 2 heteroatoms. The highest BCUT2D eigenvalue weighted by molar-refractivity contribution is 6.31. The van der Waals surface area contributed by atoms with Crippen LogP contribution in [0.4, 0.5) is 0 Å². The van der Waals surface area contributed by atoms with Crippen LogP contribution in [-0.2, 0) is 0 Å². The van der Waals surface area contributed by atoms with Gasteiger partial charge in [0, 0.05) is 21.6 Å². The second kappa shape index (κ2) is 3.69. The lowest BCUT2D eigenvalue weighted by molar-refractivity contribution is 1.45. The van der Waals surface area contributed by atoms with Crippen LogP contribution in [0, 0.1) is 6.07 Å². The van der Waals surface area contributed by atoms with Crippen LogP contribution in [-0.4, -0.2) is 4.98 Å². The number of fused-ring (bicyclic) bond motifs is 1. The Morgan fingerprint density at radius 1 is 1.12 bits per heavy atom. The molecule has 0 amide bonds. The van der Waals surface area contributed by atoms with Gasteiger partial charge in [0.15, 0.2) is 0 Å². The lowest BCUT2D eigenvalue weighted by Gasteiger charge is -1.94. The molecule has 0 aliphatic heterocycles. The molecule has 3 rings (SSSR count). The Morgan fingerprint density at radius 3 is 2.88 bits per heavy atom. The highest BCUT2D eigenvalue weighted by atomic mass is 35.5. The molecule has 1 aromatic heterocycles. The van der Waals surface area contributed by atoms with Gasteiger partial charge in [-0.25, -0.2) is 0 Å². The SMILES string of the molecule is Clc1ccc2[nH]c(-c3c[c]ccc3)cc2c1. The van der Waals surface area contributed by atoms with Crippen LogP contribution >= 0.6 is 11.6 Å². The maximum atomic E-state index is 5.95. The predicted octanol–water partition coefficient (Wildman–Crippen LogP) is 4.29. The lowest BCUT2D eigenvalue weighted by atomic mass is 10.1. The minimum atomic E-state index is 0.762. The summed E-state index contributed by atoms with van der Waals surface area (Å²) in [7, 11) is 0. The Kier molecular flexibility index (Phi) is 2.19. The highest BCUT2D eigenvalue weighted by Crippen LogP contribution is 2.25. The molecule has 77 valence electrons. The molecule has 16 heavy (non-hydrogen) atoms. The van der Waals surface area contributed by atoms with E-state index in [-0.39, 0.29) is 0 Å². The van der Waals surface area contributed by atoms with Gasteiger partial charge in [-0.2, -0.15) is 0 Å². The minimum Gasteiger partial charge on any atom is -0.355 e. The Hall–Kier alpha value is -1.73. The van der Waals surface area contributed by atoms with Crippen molar-refractivity contribution >= 4 is 22.5 Å². The van der Waals surface area contributed by atoms with Crippen LogP contribution < -0.4 is 0 Å². The van der Waals surface area contributed by atoms with Crippen LogP contribution in [0.2, 0.25) is 5.02 Å². The molecule has 0 spiro atoms. The fourth-order valence-corrected chi connectivity index (χ4v) is 2.00. The molecular formula is C14H9ClN. The van der Waals surface area contributed by atoms with Crippen molar-refractivity contribution < 1.29 is 0 Å². The van der Waals surface area contributed by atoms with Gasteiger partial charge < -0.3 is 4.98 Å². The zero-order valence-electron chi connectivity index (χ0n) is 8.50. The van der Waals surface area contributed by atoms with Crippen molar-refractivity contribution in [2.45, 2.75) is 0 Å². The van der Waals surface area contributed by atoms with Crippen molar-refractivity contribution in [3.63, 3.8) is 0 Å². The normalized spacial score (nSPS) is 10.8. The number of benzene rings is 2. The Balaban J connectivity index is 2.19. The van der Waals surface area contributed by atoms with Crippen LogP contribution in [0.15, 0.2) is 48.5 Å². The van der Waals surface area contributed by atoms with Gasteiger partial charge >= 0.3 is 0 Å². The Morgan fingerprint density at radius 2 is 2.06 bits per heavy atom. The van der Waals surface area contributed by atoms with Crippen LogP contribution in [0.5, 0.6) is 0 Å². The topological polar surface area (TPSA) is 15.8 Å². The van der Waals surface area contributed by atoms with E-state index < -0.39 is 0 Å². The van der Waals surface area contributed by atoms with Crippen LogP contribution in [0.1, 0.15) is 0 Å².